The van der Waals surface area contributed by atoms with E-state index in [1.807, 2.05) is 31.2 Å². The van der Waals surface area contributed by atoms with Gasteiger partial charge < -0.3 is 15.8 Å². The van der Waals surface area contributed by atoms with Gasteiger partial charge in [0.15, 0.2) is 0 Å². The lowest BCUT2D eigenvalue weighted by Gasteiger charge is -2.10. The van der Waals surface area contributed by atoms with Gasteiger partial charge in [-0.05, 0) is 31.5 Å². The maximum absolute atomic E-state index is 11.2. The van der Waals surface area contributed by atoms with Crippen LogP contribution in [0.3, 0.4) is 0 Å². The van der Waals surface area contributed by atoms with E-state index in [-0.39, 0.29) is 0 Å². The molecule has 5 nitrogen and oxygen atoms in total. The number of rotatable bonds is 7. The lowest BCUT2D eigenvalue weighted by Crippen LogP contribution is -2.16. The first-order valence-electron chi connectivity index (χ1n) is 6.84. The second kappa shape index (κ2) is 7.28. The van der Waals surface area contributed by atoms with Crippen LogP contribution in [0.4, 0.5) is 5.69 Å². The van der Waals surface area contributed by atoms with Gasteiger partial charge in [-0.3, -0.25) is 9.78 Å². The van der Waals surface area contributed by atoms with E-state index >= 15 is 0 Å². The number of hydrogen-bond donors (Lipinski definition) is 2. The second-order valence-corrected chi connectivity index (χ2v) is 4.73. The molecule has 0 aliphatic carbocycles. The summed E-state index contributed by atoms with van der Waals surface area (Å²) in [4.78, 5) is 15.1. The average molecular weight is 285 g/mol. The van der Waals surface area contributed by atoms with Crippen LogP contribution in [0.15, 0.2) is 42.7 Å². The summed E-state index contributed by atoms with van der Waals surface area (Å²) in [5.41, 5.74) is 7.60. The van der Waals surface area contributed by atoms with E-state index in [1.54, 1.807) is 12.3 Å². The normalized spacial score (nSPS) is 10.1. The van der Waals surface area contributed by atoms with E-state index < -0.39 is 5.91 Å². The molecular weight excluding hydrogens is 266 g/mol. The third-order valence-electron chi connectivity index (χ3n) is 3.01. The molecule has 0 spiro atoms. The third kappa shape index (κ3) is 4.49. The number of primary amides is 1. The third-order valence-corrected chi connectivity index (χ3v) is 3.01. The Bertz CT molecular complexity index is 597. The summed E-state index contributed by atoms with van der Waals surface area (Å²) in [5.74, 6) is 0.379. The van der Waals surface area contributed by atoms with E-state index in [1.165, 1.54) is 11.8 Å². The van der Waals surface area contributed by atoms with Crippen molar-refractivity contribution in [3.8, 4) is 5.75 Å². The van der Waals surface area contributed by atoms with E-state index in [0.717, 1.165) is 12.2 Å². The molecule has 0 fully saturated rings. The quantitative estimate of drug-likeness (QED) is 0.766. The van der Waals surface area contributed by atoms with E-state index in [4.69, 9.17) is 10.5 Å². The van der Waals surface area contributed by atoms with E-state index in [0.29, 0.717) is 24.4 Å². The Hall–Kier alpha value is -2.56. The number of pyridine rings is 1. The first-order valence-corrected chi connectivity index (χ1v) is 6.84. The van der Waals surface area contributed by atoms with Crippen molar-refractivity contribution < 1.29 is 9.53 Å². The zero-order chi connectivity index (χ0) is 15.1. The van der Waals surface area contributed by atoms with E-state index in [2.05, 4.69) is 10.3 Å². The molecule has 0 aliphatic rings. The summed E-state index contributed by atoms with van der Waals surface area (Å²) in [6.07, 6.45) is 3.90. The van der Waals surface area contributed by atoms with Crippen LogP contribution in [0.2, 0.25) is 0 Å². The van der Waals surface area contributed by atoms with Gasteiger partial charge in [-0.2, -0.15) is 0 Å². The summed E-state index contributed by atoms with van der Waals surface area (Å²) in [6, 6.07) is 9.68. The fourth-order valence-electron chi connectivity index (χ4n) is 1.86. The number of nitrogens with zero attached hydrogens (tertiary/aromatic N) is 1. The maximum Gasteiger partial charge on any atom is 0.252 e. The molecular formula is C16H19N3O2. The number of carbonyl (C=O) groups excluding carboxylic acids is 1. The fraction of sp³-hybridized carbons (Fsp3) is 0.250. The summed E-state index contributed by atoms with van der Waals surface area (Å²) in [7, 11) is 0. The Balaban J connectivity index is 1.75. The predicted octanol–water partition coefficient (Wildman–Crippen LogP) is 2.37. The van der Waals surface area contributed by atoms with Crippen molar-refractivity contribution >= 4 is 11.6 Å². The lowest BCUT2D eigenvalue weighted by atomic mass is 10.2. The molecule has 0 bridgehead atoms. The number of aromatic nitrogens is 1. The van der Waals surface area contributed by atoms with Crippen molar-refractivity contribution in [1.82, 2.24) is 4.98 Å². The minimum absolute atomic E-state index is 0.400. The summed E-state index contributed by atoms with van der Waals surface area (Å²) in [6.45, 7) is 3.34. The van der Waals surface area contributed by atoms with Crippen molar-refractivity contribution in [3.63, 3.8) is 0 Å². The summed E-state index contributed by atoms with van der Waals surface area (Å²) >= 11 is 0. The summed E-state index contributed by atoms with van der Waals surface area (Å²) < 4.78 is 5.63. The number of hydrogen-bond acceptors (Lipinski definition) is 4. The number of anilines is 1. The van der Waals surface area contributed by atoms with Crippen LogP contribution in [-0.4, -0.2) is 24.0 Å². The van der Waals surface area contributed by atoms with Crippen LogP contribution in [0, 0.1) is 6.92 Å². The van der Waals surface area contributed by atoms with Crippen LogP contribution >= 0.6 is 0 Å². The minimum atomic E-state index is -0.485. The van der Waals surface area contributed by atoms with Crippen LogP contribution in [0.5, 0.6) is 5.75 Å². The Morgan fingerprint density at radius 1 is 1.29 bits per heavy atom. The van der Waals surface area contributed by atoms with Gasteiger partial charge in [0.1, 0.15) is 5.75 Å². The van der Waals surface area contributed by atoms with Gasteiger partial charge in [-0.1, -0.05) is 17.7 Å². The number of nitrogens with two attached hydrogens (primary N) is 1. The van der Waals surface area contributed by atoms with Crippen molar-refractivity contribution in [2.45, 2.75) is 13.3 Å². The van der Waals surface area contributed by atoms with Gasteiger partial charge in [0.25, 0.3) is 5.91 Å². The average Bonchev–Trinajstić information content (AvgIpc) is 2.49. The summed E-state index contributed by atoms with van der Waals surface area (Å²) in [5, 5.41) is 3.17. The number of benzene rings is 1. The highest BCUT2D eigenvalue weighted by Gasteiger charge is 2.06. The molecule has 1 heterocycles. The highest BCUT2D eigenvalue weighted by Crippen LogP contribution is 2.13. The molecule has 5 heteroatoms. The predicted molar refractivity (Wildman–Crippen MR) is 82.5 cm³/mol. The van der Waals surface area contributed by atoms with Gasteiger partial charge in [-0.15, -0.1) is 0 Å². The second-order valence-electron chi connectivity index (χ2n) is 4.73. The Kier molecular flexibility index (Phi) is 5.15. The molecule has 0 unspecified atom stereocenters. The highest BCUT2D eigenvalue weighted by atomic mass is 16.5. The Morgan fingerprint density at radius 3 is 2.76 bits per heavy atom. The maximum atomic E-state index is 11.2. The topological polar surface area (TPSA) is 77.2 Å². The fourth-order valence-corrected chi connectivity index (χ4v) is 1.86. The first-order chi connectivity index (χ1) is 10.2. The van der Waals surface area contributed by atoms with E-state index in [9.17, 15) is 4.79 Å². The smallest absolute Gasteiger partial charge is 0.252 e. The molecule has 2 aromatic rings. The van der Waals surface area contributed by atoms with Gasteiger partial charge in [-0.25, -0.2) is 0 Å². The molecule has 3 N–H and O–H groups in total. The van der Waals surface area contributed by atoms with Crippen molar-refractivity contribution in [2.75, 3.05) is 18.5 Å². The van der Waals surface area contributed by atoms with Crippen molar-refractivity contribution in [1.29, 1.82) is 0 Å². The zero-order valence-electron chi connectivity index (χ0n) is 12.0. The molecule has 1 aromatic carbocycles. The molecule has 0 aliphatic heterocycles. The Labute approximate surface area is 124 Å². The molecule has 21 heavy (non-hydrogen) atoms. The highest BCUT2D eigenvalue weighted by molar-refractivity contribution is 5.98. The molecule has 1 aromatic heterocycles. The molecule has 2 rings (SSSR count). The van der Waals surface area contributed by atoms with Crippen LogP contribution in [0.1, 0.15) is 22.3 Å². The minimum Gasteiger partial charge on any atom is -0.494 e. The molecule has 0 radical (unpaired) electrons. The van der Waals surface area contributed by atoms with Gasteiger partial charge in [0.2, 0.25) is 0 Å². The number of amides is 1. The molecule has 0 saturated heterocycles. The first kappa shape index (κ1) is 14.8. The van der Waals surface area contributed by atoms with Crippen molar-refractivity contribution in [2.24, 2.45) is 5.73 Å². The molecule has 0 atom stereocenters. The van der Waals surface area contributed by atoms with Gasteiger partial charge >= 0.3 is 0 Å². The van der Waals surface area contributed by atoms with Crippen LogP contribution in [0.25, 0.3) is 0 Å². The van der Waals surface area contributed by atoms with Gasteiger partial charge in [0, 0.05) is 18.9 Å². The van der Waals surface area contributed by atoms with Crippen LogP contribution < -0.4 is 15.8 Å². The van der Waals surface area contributed by atoms with Crippen molar-refractivity contribution in [3.05, 3.63) is 53.9 Å². The standard InChI is InChI=1S/C16H19N3O2/c1-12-3-5-13(6-4-12)21-10-2-8-19-15-7-9-18-11-14(15)16(17)20/h3-7,9,11H,2,8,10H2,1H3,(H2,17,20)(H,18,19). The molecule has 110 valence electrons. The largest absolute Gasteiger partial charge is 0.494 e. The molecule has 0 saturated carbocycles. The number of nitrogens with one attached hydrogen (secondary N) is 1. The monoisotopic (exact) mass is 285 g/mol. The Morgan fingerprint density at radius 2 is 2.05 bits per heavy atom. The molecule has 1 amide bonds. The van der Waals surface area contributed by atoms with Crippen LogP contribution in [-0.2, 0) is 0 Å². The van der Waals surface area contributed by atoms with Gasteiger partial charge in [0.05, 0.1) is 17.9 Å². The number of carbonyl (C=O) groups is 1. The lowest BCUT2D eigenvalue weighted by molar-refractivity contribution is 0.100. The number of ether oxygens (including phenoxy) is 1. The SMILES string of the molecule is Cc1ccc(OCCCNc2ccncc2C(N)=O)cc1. The number of aryl methyl sites for hydroxylation is 1. The zero-order valence-corrected chi connectivity index (χ0v) is 12.0.